The number of fused-ring (bicyclic) bond motifs is 5. The number of unbranched alkanes of at least 4 members (excludes halogenated alkanes) is 1. The number of ether oxygens (including phenoxy) is 7. The number of benzene rings is 4. The fourth-order valence-electron chi connectivity index (χ4n) is 9.32. The van der Waals surface area contributed by atoms with E-state index in [2.05, 4.69) is 21.3 Å². The van der Waals surface area contributed by atoms with Crippen molar-refractivity contribution >= 4 is 65.6 Å². The second-order valence-corrected chi connectivity index (χ2v) is 26.6. The lowest BCUT2D eigenvalue weighted by Gasteiger charge is -2.33. The number of esters is 1. The Morgan fingerprint density at radius 3 is 1.84 bits per heavy atom. The standard InChI is InChI=1S/C67H90ClN7O16/c1-41-55(76)72-51(59(80)85-16)39-42-21-31-53(87-63(84)91-67(11,12)13)48(38-42)49-40-46(28-32-52(49)86-37-36-75(62(83)90-66(8,9)10)35-19-34-73(14)61(82)89-65(5,6)7)54(57(78)70-41)74(15)58(79)50(20-17-18-33-69-60(81)88-64(2,3)4)71-56(77)45-24-22-43(23-25-45)44-26-29-47(68)30-27-44/h21-32,38,40-41,50-51,54H,17-20,33-37,39H2,1-16H3,(H,69,81)(H,70,78)(H,71,77)(H,72,76)/t41-,50-,51-,54-/m0/s1. The molecule has 0 aromatic heterocycles. The molecule has 1 aliphatic rings. The first-order valence-electron chi connectivity index (χ1n) is 30.2. The van der Waals surface area contributed by atoms with Crippen molar-refractivity contribution in [1.82, 2.24) is 36.0 Å². The topological polar surface area (TPSA) is 276 Å². The molecule has 7 amide bonds. The van der Waals surface area contributed by atoms with Crippen molar-refractivity contribution in [2.75, 3.05) is 54.0 Å². The third kappa shape index (κ3) is 23.6. The van der Waals surface area contributed by atoms with Crippen LogP contribution in [0.1, 0.15) is 143 Å². The van der Waals surface area contributed by atoms with E-state index >= 15 is 9.59 Å². The Balaban J connectivity index is 1.65. The summed E-state index contributed by atoms with van der Waals surface area (Å²) in [6.07, 6.45) is -2.09. The molecule has 0 saturated heterocycles. The van der Waals surface area contributed by atoms with Gasteiger partial charge in [0.15, 0.2) is 0 Å². The van der Waals surface area contributed by atoms with Gasteiger partial charge in [0.25, 0.3) is 5.91 Å². The molecule has 4 bridgehead atoms. The van der Waals surface area contributed by atoms with Gasteiger partial charge >= 0.3 is 30.4 Å². The number of carbonyl (C=O) groups is 9. The van der Waals surface area contributed by atoms with E-state index in [4.69, 9.17) is 44.8 Å². The van der Waals surface area contributed by atoms with Gasteiger partial charge in [-0.1, -0.05) is 48.0 Å². The summed E-state index contributed by atoms with van der Waals surface area (Å²) in [6.45, 7) is 22.3. The Bertz CT molecular complexity index is 3220. The molecule has 0 radical (unpaired) electrons. The maximum atomic E-state index is 15.4. The van der Waals surface area contributed by atoms with Crippen molar-refractivity contribution in [1.29, 1.82) is 0 Å². The van der Waals surface area contributed by atoms with Crippen LogP contribution in [0.5, 0.6) is 11.5 Å². The first kappa shape index (κ1) is 73.1. The molecule has 4 aromatic rings. The second kappa shape index (κ2) is 31.9. The van der Waals surface area contributed by atoms with E-state index in [9.17, 15) is 33.6 Å². The van der Waals surface area contributed by atoms with Crippen LogP contribution in [0.2, 0.25) is 5.02 Å². The number of alkyl carbamates (subject to hydrolysis) is 1. The predicted octanol–water partition coefficient (Wildman–Crippen LogP) is 10.6. The molecule has 0 unspecified atom stereocenters. The molecule has 0 fully saturated rings. The summed E-state index contributed by atoms with van der Waals surface area (Å²) in [7, 11) is 4.12. The Hall–Kier alpha value is -8.60. The van der Waals surface area contributed by atoms with Crippen molar-refractivity contribution in [2.45, 2.75) is 169 Å². The average molecular weight is 1280 g/mol. The molecule has 1 aliphatic heterocycles. The fourth-order valence-corrected chi connectivity index (χ4v) is 9.44. The van der Waals surface area contributed by atoms with Crippen LogP contribution in [0.25, 0.3) is 22.3 Å². The van der Waals surface area contributed by atoms with Crippen LogP contribution in [0.3, 0.4) is 0 Å². The van der Waals surface area contributed by atoms with Crippen LogP contribution in [0.15, 0.2) is 84.9 Å². The summed E-state index contributed by atoms with van der Waals surface area (Å²) >= 11 is 6.14. The summed E-state index contributed by atoms with van der Waals surface area (Å²) in [6, 6.07) is 17.7. The molecular formula is C67H90ClN7O16. The number of carbonyl (C=O) groups excluding carboxylic acids is 9. The van der Waals surface area contributed by atoms with Crippen molar-refractivity contribution in [2.24, 2.45) is 0 Å². The summed E-state index contributed by atoms with van der Waals surface area (Å²) in [5.41, 5.74) is -0.563. The van der Waals surface area contributed by atoms with Gasteiger partial charge in [0.2, 0.25) is 17.7 Å². The van der Waals surface area contributed by atoms with E-state index in [0.717, 1.165) is 23.1 Å². The van der Waals surface area contributed by atoms with Crippen molar-refractivity contribution in [3.63, 3.8) is 0 Å². The van der Waals surface area contributed by atoms with E-state index in [-0.39, 0.29) is 85.8 Å². The summed E-state index contributed by atoms with van der Waals surface area (Å²) in [5.74, 6) is -3.73. The van der Waals surface area contributed by atoms with Gasteiger partial charge in [-0.2, -0.15) is 0 Å². The second-order valence-electron chi connectivity index (χ2n) is 26.1. The van der Waals surface area contributed by atoms with Crippen LogP contribution in [-0.4, -0.2) is 163 Å². The molecule has 4 N–H and O–H groups in total. The highest BCUT2D eigenvalue weighted by Gasteiger charge is 2.37. The highest BCUT2D eigenvalue weighted by molar-refractivity contribution is 6.30. The fraction of sp³-hybridized carbons (Fsp3) is 0.507. The normalized spacial score (nSPS) is 15.6. The number of halogens is 1. The van der Waals surface area contributed by atoms with Gasteiger partial charge in [-0.25, -0.2) is 24.0 Å². The van der Waals surface area contributed by atoms with Gasteiger partial charge in [-0.15, -0.1) is 0 Å². The van der Waals surface area contributed by atoms with Crippen molar-refractivity contribution in [3.8, 4) is 33.8 Å². The van der Waals surface area contributed by atoms with Crippen LogP contribution in [0, 0.1) is 0 Å². The lowest BCUT2D eigenvalue weighted by Crippen LogP contribution is -2.55. The first-order valence-corrected chi connectivity index (χ1v) is 30.6. The van der Waals surface area contributed by atoms with Crippen LogP contribution in [-0.2, 0) is 49.3 Å². The van der Waals surface area contributed by atoms with Gasteiger partial charge in [-0.3, -0.25) is 19.2 Å². The molecule has 0 saturated carbocycles. The smallest absolute Gasteiger partial charge is 0.491 e. The molecular weight excluding hydrogens is 1190 g/mol. The lowest BCUT2D eigenvalue weighted by molar-refractivity contribution is -0.145. The molecule has 4 aromatic carbocycles. The first-order chi connectivity index (χ1) is 42.4. The molecule has 0 spiro atoms. The predicted molar refractivity (Wildman–Crippen MR) is 343 cm³/mol. The van der Waals surface area contributed by atoms with E-state index in [1.54, 1.807) is 145 Å². The highest BCUT2D eigenvalue weighted by Crippen LogP contribution is 2.41. The number of methoxy groups -OCH3 is 1. The van der Waals surface area contributed by atoms with Crippen LogP contribution < -0.4 is 30.7 Å². The molecule has 496 valence electrons. The zero-order valence-corrected chi connectivity index (χ0v) is 56.0. The average Bonchev–Trinajstić information content (AvgIpc) is 0.809. The minimum atomic E-state index is -1.60. The SMILES string of the molecule is COC(=O)[C@@H]1Cc2ccc(OC(=O)OC(C)(C)C)c(c2)-c2cc(ccc2OCCN(CCCN(C)C(=O)OC(C)(C)C)C(=O)OC(C)(C)C)[C@H](N(C)C(=O)[C@H](CCCCNC(=O)OC(C)(C)C)NC(=O)c2ccc(-c3ccc(Cl)cc3)cc2)C(=O)N[C@@H](C)C(=O)N1. The van der Waals surface area contributed by atoms with Gasteiger partial charge in [0, 0.05) is 61.9 Å². The summed E-state index contributed by atoms with van der Waals surface area (Å²) in [5, 5.41) is 11.6. The number of likely N-dealkylation sites (N-methyl/N-ethyl adjacent to an activating group) is 1. The van der Waals surface area contributed by atoms with Gasteiger partial charge in [-0.05, 0) is 186 Å². The number of amides is 7. The molecule has 4 atom stereocenters. The lowest BCUT2D eigenvalue weighted by atomic mass is 9.93. The minimum absolute atomic E-state index is 0.0206. The highest BCUT2D eigenvalue weighted by atomic mass is 35.5. The zero-order valence-electron chi connectivity index (χ0n) is 55.2. The van der Waals surface area contributed by atoms with Gasteiger partial charge in [0.05, 0.1) is 13.7 Å². The summed E-state index contributed by atoms with van der Waals surface area (Å²) < 4.78 is 39.9. The molecule has 1 heterocycles. The van der Waals surface area contributed by atoms with Crippen molar-refractivity contribution < 1.29 is 76.3 Å². The number of nitrogens with one attached hydrogen (secondary N) is 4. The van der Waals surface area contributed by atoms with E-state index in [0.29, 0.717) is 23.4 Å². The largest absolute Gasteiger partial charge is 0.514 e. The molecule has 5 rings (SSSR count). The third-order valence-electron chi connectivity index (χ3n) is 13.6. The van der Waals surface area contributed by atoms with Crippen LogP contribution in [0.4, 0.5) is 19.2 Å². The Labute approximate surface area is 538 Å². The van der Waals surface area contributed by atoms with E-state index in [1.807, 2.05) is 12.1 Å². The van der Waals surface area contributed by atoms with Gasteiger partial charge < -0.3 is 69.1 Å². The summed E-state index contributed by atoms with van der Waals surface area (Å²) in [4.78, 5) is 129. The molecule has 91 heavy (non-hydrogen) atoms. The number of nitrogens with zero attached hydrogens (tertiary/aromatic N) is 3. The Morgan fingerprint density at radius 2 is 1.23 bits per heavy atom. The molecule has 0 aliphatic carbocycles. The van der Waals surface area contributed by atoms with E-state index in [1.165, 1.54) is 42.0 Å². The minimum Gasteiger partial charge on any atom is -0.491 e. The monoisotopic (exact) mass is 1280 g/mol. The van der Waals surface area contributed by atoms with E-state index < -0.39 is 101 Å². The molecule has 24 heteroatoms. The number of rotatable bonds is 20. The maximum absolute atomic E-state index is 15.4. The quantitative estimate of drug-likeness (QED) is 0.0277. The Kier molecular flexibility index (Phi) is 25.7. The Morgan fingerprint density at radius 1 is 0.648 bits per heavy atom. The zero-order chi connectivity index (χ0) is 67.8. The molecule has 23 nitrogen and oxygen atoms in total. The van der Waals surface area contributed by atoms with Gasteiger partial charge in [0.1, 0.15) is 64.7 Å². The maximum Gasteiger partial charge on any atom is 0.514 e. The third-order valence-corrected chi connectivity index (χ3v) is 13.9. The van der Waals surface area contributed by atoms with Crippen LogP contribution >= 0.6 is 11.6 Å². The number of hydrogen-bond donors (Lipinski definition) is 4. The van der Waals surface area contributed by atoms with Crippen molar-refractivity contribution in [3.05, 3.63) is 107 Å². The number of hydrogen-bond acceptors (Lipinski definition) is 16.